The highest BCUT2D eigenvalue weighted by Crippen LogP contribution is 2.44. The average molecular weight is 865 g/mol. The molecule has 2 nitrogen and oxygen atoms in total. The molecule has 0 radical (unpaired) electrons. The van der Waals surface area contributed by atoms with Crippen LogP contribution in [-0.2, 0) is 0 Å². The van der Waals surface area contributed by atoms with Gasteiger partial charge in [-0.25, -0.2) is 4.98 Å². The van der Waals surface area contributed by atoms with Gasteiger partial charge in [0.05, 0.1) is 28.1 Å². The maximum Gasteiger partial charge on any atom is 0.0730 e. The number of pyridine rings is 1. The van der Waals surface area contributed by atoms with Crippen molar-refractivity contribution in [1.29, 1.82) is 0 Å². The van der Waals surface area contributed by atoms with Gasteiger partial charge in [0.1, 0.15) is 0 Å². The zero-order valence-corrected chi connectivity index (χ0v) is 37.6. The minimum Gasteiger partial charge on any atom is -0.309 e. The van der Waals surface area contributed by atoms with Gasteiger partial charge in [-0.05, 0) is 126 Å². The van der Waals surface area contributed by atoms with E-state index < -0.39 is 0 Å². The van der Waals surface area contributed by atoms with Gasteiger partial charge in [-0.15, -0.1) is 0 Å². The highest BCUT2D eigenvalue weighted by molar-refractivity contribution is 6.29. The van der Waals surface area contributed by atoms with Crippen LogP contribution in [0.1, 0.15) is 5.56 Å². The van der Waals surface area contributed by atoms with Crippen molar-refractivity contribution < 1.29 is 0 Å². The maximum absolute atomic E-state index is 5.46. The maximum atomic E-state index is 5.46. The first-order valence-corrected chi connectivity index (χ1v) is 23.4. The van der Waals surface area contributed by atoms with E-state index in [1.807, 2.05) is 0 Å². The molecule has 68 heavy (non-hydrogen) atoms. The third-order valence-corrected chi connectivity index (χ3v) is 13.9. The van der Waals surface area contributed by atoms with E-state index in [1.165, 1.54) is 93.2 Å². The normalized spacial score (nSPS) is 11.6. The topological polar surface area (TPSA) is 17.8 Å². The first kappa shape index (κ1) is 39.5. The Morgan fingerprint density at radius 1 is 0.250 bits per heavy atom. The molecule has 0 aliphatic heterocycles. The van der Waals surface area contributed by atoms with Gasteiger partial charge < -0.3 is 4.57 Å². The molecule has 2 heterocycles. The Labute approximate surface area is 395 Å². The van der Waals surface area contributed by atoms with Gasteiger partial charge in [-0.2, -0.15) is 0 Å². The Morgan fingerprint density at radius 2 is 0.618 bits per heavy atom. The summed E-state index contributed by atoms with van der Waals surface area (Å²) in [5, 5.41) is 9.92. The number of fused-ring (bicyclic) bond motifs is 9. The summed E-state index contributed by atoms with van der Waals surface area (Å²) in [5.74, 6) is 0. The first-order valence-electron chi connectivity index (χ1n) is 23.4. The fourth-order valence-corrected chi connectivity index (χ4v) is 10.3. The summed E-state index contributed by atoms with van der Waals surface area (Å²) < 4.78 is 2.48. The summed E-state index contributed by atoms with van der Waals surface area (Å²) in [5.41, 5.74) is 18.1. The second-order valence-corrected chi connectivity index (χ2v) is 18.0. The fourth-order valence-electron chi connectivity index (χ4n) is 10.3. The predicted octanol–water partition coefficient (Wildman–Crippen LogP) is 17.9. The lowest BCUT2D eigenvalue weighted by atomic mass is 9.91. The van der Waals surface area contributed by atoms with Gasteiger partial charge in [-0.3, -0.25) is 0 Å². The minimum atomic E-state index is 0.917. The van der Waals surface area contributed by atoms with Gasteiger partial charge in [-0.1, -0.05) is 212 Å². The van der Waals surface area contributed by atoms with E-state index in [0.29, 0.717) is 0 Å². The smallest absolute Gasteiger partial charge is 0.0730 e. The molecule has 0 saturated carbocycles. The molecule has 0 saturated heterocycles. The summed E-state index contributed by atoms with van der Waals surface area (Å²) in [7, 11) is 0. The van der Waals surface area contributed by atoms with Gasteiger partial charge in [0, 0.05) is 21.9 Å². The van der Waals surface area contributed by atoms with E-state index in [4.69, 9.17) is 4.98 Å². The first-order chi connectivity index (χ1) is 33.6. The van der Waals surface area contributed by atoms with E-state index >= 15 is 0 Å². The predicted molar refractivity (Wildman–Crippen MR) is 288 cm³/mol. The molecule has 318 valence electrons. The molecule has 13 aromatic rings. The van der Waals surface area contributed by atoms with Crippen molar-refractivity contribution in [2.75, 3.05) is 0 Å². The van der Waals surface area contributed by atoms with Gasteiger partial charge in [0.2, 0.25) is 0 Å². The number of hydrogen-bond acceptors (Lipinski definition) is 1. The molecular weight excluding hydrogens is 821 g/mol. The van der Waals surface area contributed by atoms with Crippen LogP contribution in [0.2, 0.25) is 0 Å². The van der Waals surface area contributed by atoms with Gasteiger partial charge in [0.25, 0.3) is 0 Å². The van der Waals surface area contributed by atoms with Crippen molar-refractivity contribution in [2.45, 2.75) is 6.92 Å². The molecule has 0 aliphatic rings. The summed E-state index contributed by atoms with van der Waals surface area (Å²) in [6.07, 6.45) is 0. The van der Waals surface area contributed by atoms with Crippen molar-refractivity contribution in [3.63, 3.8) is 0 Å². The highest BCUT2D eigenvalue weighted by Gasteiger charge is 2.20. The summed E-state index contributed by atoms with van der Waals surface area (Å²) in [6.45, 7) is 2.15. The quantitative estimate of drug-likeness (QED) is 0.146. The van der Waals surface area contributed by atoms with Gasteiger partial charge >= 0.3 is 0 Å². The lowest BCUT2D eigenvalue weighted by Gasteiger charge is -2.15. The van der Waals surface area contributed by atoms with E-state index in [0.717, 1.165) is 39.2 Å². The number of benzene rings is 11. The number of aromatic nitrogens is 2. The summed E-state index contributed by atoms with van der Waals surface area (Å²) in [4.78, 5) is 5.46. The molecular formula is C66H44N2. The average Bonchev–Trinajstić information content (AvgIpc) is 3.74. The second-order valence-electron chi connectivity index (χ2n) is 18.0. The minimum absolute atomic E-state index is 0.917. The van der Waals surface area contributed by atoms with Crippen LogP contribution in [0.25, 0.3) is 127 Å². The van der Waals surface area contributed by atoms with Crippen molar-refractivity contribution in [3.05, 3.63) is 254 Å². The molecule has 0 amide bonds. The molecule has 0 bridgehead atoms. The largest absolute Gasteiger partial charge is 0.309 e. The van der Waals surface area contributed by atoms with Crippen LogP contribution in [-0.4, -0.2) is 9.55 Å². The molecule has 11 aromatic carbocycles. The van der Waals surface area contributed by atoms with E-state index in [9.17, 15) is 0 Å². The van der Waals surface area contributed by atoms with Crippen LogP contribution in [0.3, 0.4) is 0 Å². The van der Waals surface area contributed by atoms with Crippen molar-refractivity contribution >= 4 is 54.1 Å². The van der Waals surface area contributed by atoms with Crippen LogP contribution in [0, 0.1) is 6.92 Å². The van der Waals surface area contributed by atoms with Crippen molar-refractivity contribution in [1.82, 2.24) is 9.55 Å². The standard InChI is InChI=1S/C66H44N2/c1-43-21-23-49(24-22-43)52-33-35-57-55-19-11-12-20-56(55)59-41-62-61-38-53(46-17-9-4-10-18-46)34-36-65(61)68(66(62)42-60(59)58(57)37-52)54-39-63(50-29-25-47(26-30-50)44-13-5-2-6-14-44)67-64(40-54)51-31-27-48(28-32-51)45-15-7-3-8-16-45/h2-42H,1H3. The van der Waals surface area contributed by atoms with Crippen LogP contribution < -0.4 is 0 Å². The van der Waals surface area contributed by atoms with Crippen LogP contribution in [0.4, 0.5) is 0 Å². The third kappa shape index (κ3) is 6.85. The molecule has 0 spiro atoms. The zero-order valence-electron chi connectivity index (χ0n) is 37.6. The monoisotopic (exact) mass is 864 g/mol. The molecule has 2 heteroatoms. The van der Waals surface area contributed by atoms with Crippen LogP contribution >= 0.6 is 0 Å². The van der Waals surface area contributed by atoms with E-state index in [-0.39, 0.29) is 0 Å². The zero-order chi connectivity index (χ0) is 45.1. The Bertz CT molecular complexity index is 3920. The van der Waals surface area contributed by atoms with Gasteiger partial charge in [0.15, 0.2) is 0 Å². The summed E-state index contributed by atoms with van der Waals surface area (Å²) in [6, 6.07) is 90.9. The lowest BCUT2D eigenvalue weighted by molar-refractivity contribution is 1.16. The fraction of sp³-hybridized carbons (Fsp3) is 0.0152. The SMILES string of the molecule is Cc1ccc(-c2ccc3c4ccccc4c4cc5c6cc(-c7ccccc7)ccc6n(-c6cc(-c7ccc(-c8ccccc8)cc7)nc(-c7ccc(-c8ccccc8)cc7)c6)c5cc4c3c2)cc1. The Morgan fingerprint density at radius 3 is 1.19 bits per heavy atom. The molecule has 0 unspecified atom stereocenters. The lowest BCUT2D eigenvalue weighted by Crippen LogP contribution is -1.98. The molecule has 0 aliphatic carbocycles. The molecule has 0 atom stereocenters. The third-order valence-electron chi connectivity index (χ3n) is 13.9. The number of hydrogen-bond donors (Lipinski definition) is 0. The molecule has 13 rings (SSSR count). The molecule has 0 N–H and O–H groups in total. The molecule has 2 aromatic heterocycles. The summed E-state index contributed by atoms with van der Waals surface area (Å²) >= 11 is 0. The number of nitrogens with zero attached hydrogens (tertiary/aromatic N) is 2. The van der Waals surface area contributed by atoms with Crippen molar-refractivity contribution in [2.24, 2.45) is 0 Å². The second kappa shape index (κ2) is 16.2. The van der Waals surface area contributed by atoms with E-state index in [2.05, 4.69) is 260 Å². The highest BCUT2D eigenvalue weighted by atomic mass is 15.0. The van der Waals surface area contributed by atoms with Crippen LogP contribution in [0.5, 0.6) is 0 Å². The number of rotatable bonds is 7. The Kier molecular flexibility index (Phi) is 9.43. The Balaban J connectivity index is 1.09. The van der Waals surface area contributed by atoms with Crippen LogP contribution in [0.15, 0.2) is 249 Å². The van der Waals surface area contributed by atoms with Crippen molar-refractivity contribution in [3.8, 4) is 72.7 Å². The van der Waals surface area contributed by atoms with E-state index in [1.54, 1.807) is 0 Å². The molecule has 0 fully saturated rings. The number of aryl methyl sites for hydroxylation is 1. The Hall–Kier alpha value is -8.85.